The molecular formula is C10H4N2Na2O6S2. The summed E-state index contributed by atoms with van der Waals surface area (Å²) in [6, 6.07) is 6.52. The first-order valence-corrected chi connectivity index (χ1v) is 6.82. The first kappa shape index (κ1) is 24.3. The second-order valence-corrected chi connectivity index (χ2v) is 5.28. The molecular weight excluding hydrogens is 354 g/mol. The van der Waals surface area contributed by atoms with Crippen molar-refractivity contribution in [2.45, 2.75) is 9.79 Å². The standard InChI is InChI=1S/C10H6N2O6S2.2Na/c11-5-7(6-12)3-8-1-2-9(19-18-17-13)4-10(8)20(14,15)16;;/h1-4,13H,(H,14,15,16);;/q;2*+1/p-2. The number of benzene rings is 1. The van der Waals surface area contributed by atoms with Crippen LogP contribution in [0.1, 0.15) is 5.56 Å². The van der Waals surface area contributed by atoms with Crippen molar-refractivity contribution in [2.75, 3.05) is 0 Å². The molecule has 0 unspecified atom stereocenters. The fraction of sp³-hybridized carbons (Fsp3) is 0. The third-order valence-electron chi connectivity index (χ3n) is 1.95. The summed E-state index contributed by atoms with van der Waals surface area (Å²) in [6.07, 6.45) is 0.962. The van der Waals surface area contributed by atoms with Crippen LogP contribution in [-0.2, 0) is 19.5 Å². The molecule has 0 fully saturated rings. The van der Waals surface area contributed by atoms with E-state index in [4.69, 9.17) is 10.5 Å². The number of rotatable bonds is 5. The van der Waals surface area contributed by atoms with Crippen LogP contribution in [0.25, 0.3) is 6.08 Å². The molecule has 0 saturated heterocycles. The van der Waals surface area contributed by atoms with Gasteiger partial charge in [-0.25, -0.2) is 8.42 Å². The van der Waals surface area contributed by atoms with E-state index >= 15 is 0 Å². The van der Waals surface area contributed by atoms with Crippen LogP contribution >= 0.6 is 12.0 Å². The van der Waals surface area contributed by atoms with Gasteiger partial charge in [-0.1, -0.05) is 6.07 Å². The van der Waals surface area contributed by atoms with E-state index in [2.05, 4.69) is 9.37 Å². The zero-order chi connectivity index (χ0) is 15.2. The molecule has 0 saturated carbocycles. The van der Waals surface area contributed by atoms with Gasteiger partial charge in [0.05, 0.1) is 16.9 Å². The van der Waals surface area contributed by atoms with Crippen LogP contribution < -0.4 is 64.4 Å². The molecule has 1 aromatic rings. The number of allylic oxidation sites excluding steroid dienone is 1. The average Bonchev–Trinajstić information content (AvgIpc) is 2.42. The van der Waals surface area contributed by atoms with Gasteiger partial charge in [0.15, 0.2) is 0 Å². The van der Waals surface area contributed by atoms with Crippen LogP contribution in [0.2, 0.25) is 0 Å². The van der Waals surface area contributed by atoms with Crippen molar-refractivity contribution in [1.29, 1.82) is 10.5 Å². The summed E-state index contributed by atoms with van der Waals surface area (Å²) in [7, 11) is -4.84. The van der Waals surface area contributed by atoms with Crippen LogP contribution in [0.4, 0.5) is 0 Å². The Morgan fingerprint density at radius 1 is 1.27 bits per heavy atom. The van der Waals surface area contributed by atoms with Crippen molar-refractivity contribution in [3.05, 3.63) is 29.3 Å². The molecule has 0 N–H and O–H groups in total. The van der Waals surface area contributed by atoms with Gasteiger partial charge in [-0.2, -0.15) is 14.9 Å². The van der Waals surface area contributed by atoms with Crippen molar-refractivity contribution in [3.8, 4) is 12.1 Å². The van der Waals surface area contributed by atoms with E-state index in [1.165, 1.54) is 24.3 Å². The third-order valence-corrected chi connectivity index (χ3v) is 3.42. The minimum atomic E-state index is -4.84. The SMILES string of the molecule is N#CC(C#N)=Cc1ccc(SOO[O-])cc1S(=O)(=O)[O-].[Na+].[Na+]. The molecule has 1 rings (SSSR count). The fourth-order valence-electron chi connectivity index (χ4n) is 1.20. The predicted molar refractivity (Wildman–Crippen MR) is 61.6 cm³/mol. The molecule has 0 radical (unpaired) electrons. The Hall–Kier alpha value is 0.0800. The Kier molecular flexibility index (Phi) is 12.8. The normalized spacial score (nSPS) is 9.45. The maximum atomic E-state index is 11.1. The van der Waals surface area contributed by atoms with Gasteiger partial charge in [0.2, 0.25) is 0 Å². The van der Waals surface area contributed by atoms with Gasteiger partial charge >= 0.3 is 59.1 Å². The number of nitrogens with zero attached hydrogens (tertiary/aromatic N) is 2. The first-order valence-electron chi connectivity index (χ1n) is 4.67. The molecule has 1 aromatic carbocycles. The van der Waals surface area contributed by atoms with Gasteiger partial charge in [-0.15, -0.1) is 0 Å². The quantitative estimate of drug-likeness (QED) is 0.125. The molecule has 0 amide bonds. The van der Waals surface area contributed by atoms with Crippen LogP contribution in [0, 0.1) is 22.7 Å². The van der Waals surface area contributed by atoms with E-state index in [0.717, 1.165) is 12.1 Å². The van der Waals surface area contributed by atoms with Crippen molar-refractivity contribution in [2.24, 2.45) is 0 Å². The van der Waals surface area contributed by atoms with Gasteiger partial charge in [-0.3, -0.25) is 5.04 Å². The summed E-state index contributed by atoms with van der Waals surface area (Å²) < 4.78 is 37.4. The number of hydrogen-bond acceptors (Lipinski definition) is 9. The summed E-state index contributed by atoms with van der Waals surface area (Å²) in [5, 5.41) is 30.0. The van der Waals surface area contributed by atoms with E-state index in [1.54, 1.807) is 0 Å². The monoisotopic (exact) mass is 358 g/mol. The molecule has 0 bridgehead atoms. The smallest absolute Gasteiger partial charge is 0.744 e. The zero-order valence-corrected chi connectivity index (χ0v) is 17.1. The topological polar surface area (TPSA) is 146 Å². The molecule has 0 aliphatic carbocycles. The van der Waals surface area contributed by atoms with Crippen LogP contribution in [-0.4, -0.2) is 13.0 Å². The largest absolute Gasteiger partial charge is 1.00 e. The maximum Gasteiger partial charge on any atom is 1.00 e. The summed E-state index contributed by atoms with van der Waals surface area (Å²) in [4.78, 5) is -0.539. The van der Waals surface area contributed by atoms with E-state index < -0.39 is 15.0 Å². The van der Waals surface area contributed by atoms with Crippen molar-refractivity contribution >= 4 is 28.2 Å². The summed E-state index contributed by atoms with van der Waals surface area (Å²) in [5.41, 5.74) is -0.486. The predicted octanol–water partition coefficient (Wildman–Crippen LogP) is -5.74. The molecule has 0 aliphatic heterocycles. The van der Waals surface area contributed by atoms with E-state index in [9.17, 15) is 18.2 Å². The molecule has 0 heterocycles. The number of hydrogen-bond donors (Lipinski definition) is 0. The summed E-state index contributed by atoms with van der Waals surface area (Å²) in [6.45, 7) is 0. The van der Waals surface area contributed by atoms with Gasteiger partial charge < -0.3 is 9.81 Å². The van der Waals surface area contributed by atoms with Crippen LogP contribution in [0.15, 0.2) is 33.6 Å². The molecule has 0 aromatic heterocycles. The first-order chi connectivity index (χ1) is 9.42. The fourth-order valence-corrected chi connectivity index (χ4v) is 2.36. The number of nitriles is 2. The van der Waals surface area contributed by atoms with Crippen molar-refractivity contribution in [1.82, 2.24) is 0 Å². The molecule has 0 atom stereocenters. The third kappa shape index (κ3) is 7.57. The Morgan fingerprint density at radius 2 is 1.86 bits per heavy atom. The van der Waals surface area contributed by atoms with E-state index in [-0.39, 0.29) is 75.1 Å². The molecule has 104 valence electrons. The molecule has 22 heavy (non-hydrogen) atoms. The second kappa shape index (κ2) is 11.6. The average molecular weight is 358 g/mol. The Bertz CT molecular complexity index is 708. The maximum absolute atomic E-state index is 11.1. The van der Waals surface area contributed by atoms with E-state index in [0.29, 0.717) is 12.0 Å². The molecule has 12 heteroatoms. The van der Waals surface area contributed by atoms with Crippen LogP contribution in [0.3, 0.4) is 0 Å². The Morgan fingerprint density at radius 3 is 2.32 bits per heavy atom. The minimum Gasteiger partial charge on any atom is -0.744 e. The van der Waals surface area contributed by atoms with Gasteiger partial charge in [0.25, 0.3) is 0 Å². The zero-order valence-electron chi connectivity index (χ0n) is 11.5. The van der Waals surface area contributed by atoms with Gasteiger partial charge in [0, 0.05) is 4.90 Å². The second-order valence-electron chi connectivity index (χ2n) is 3.15. The van der Waals surface area contributed by atoms with Crippen LogP contribution in [0.5, 0.6) is 0 Å². The Balaban J connectivity index is 0. The Labute approximate surface area is 175 Å². The van der Waals surface area contributed by atoms with Crippen molar-refractivity contribution < 1.29 is 86.7 Å². The van der Waals surface area contributed by atoms with Gasteiger partial charge in [-0.05, 0) is 23.8 Å². The summed E-state index contributed by atoms with van der Waals surface area (Å²) in [5.74, 6) is 0. The molecule has 8 nitrogen and oxygen atoms in total. The minimum absolute atomic E-state index is 0. The van der Waals surface area contributed by atoms with Gasteiger partial charge in [0.1, 0.15) is 27.8 Å². The molecule has 0 spiro atoms. The summed E-state index contributed by atoms with van der Waals surface area (Å²) >= 11 is 0.401. The van der Waals surface area contributed by atoms with E-state index in [1.807, 2.05) is 0 Å². The molecule has 0 aliphatic rings. The van der Waals surface area contributed by atoms with Crippen molar-refractivity contribution in [3.63, 3.8) is 0 Å².